The number of nitrogens with zero attached hydrogens (tertiary/aromatic N) is 3. The Morgan fingerprint density at radius 2 is 1.80 bits per heavy atom. The Hall–Kier alpha value is -1.76. The van der Waals surface area contributed by atoms with Crippen LogP contribution in [0.4, 0.5) is 18.9 Å². The Labute approximate surface area is 146 Å². The van der Waals surface area contributed by atoms with E-state index in [9.17, 15) is 18.0 Å². The molecule has 4 nitrogen and oxygen atoms in total. The quantitative estimate of drug-likeness (QED) is 0.816. The fourth-order valence-corrected chi connectivity index (χ4v) is 3.66. The van der Waals surface area contributed by atoms with Crippen LogP contribution in [0.1, 0.15) is 24.8 Å². The summed E-state index contributed by atoms with van der Waals surface area (Å²) in [4.78, 5) is 18.6. The van der Waals surface area contributed by atoms with Gasteiger partial charge < -0.3 is 9.80 Å². The molecular formula is C18H24F3N3O. The number of rotatable bonds is 2. The van der Waals surface area contributed by atoms with Gasteiger partial charge in [0.25, 0.3) is 0 Å². The maximum absolute atomic E-state index is 12.9. The van der Waals surface area contributed by atoms with E-state index in [1.165, 1.54) is 12.1 Å². The lowest BCUT2D eigenvalue weighted by Crippen LogP contribution is -2.55. The Morgan fingerprint density at radius 3 is 2.44 bits per heavy atom. The largest absolute Gasteiger partial charge is 0.416 e. The zero-order chi connectivity index (χ0) is 18.0. The van der Waals surface area contributed by atoms with Crippen molar-refractivity contribution in [2.45, 2.75) is 31.5 Å². The van der Waals surface area contributed by atoms with Crippen LogP contribution in [-0.2, 0) is 11.0 Å². The third-order valence-corrected chi connectivity index (χ3v) is 5.19. The van der Waals surface area contributed by atoms with E-state index in [2.05, 4.69) is 4.90 Å². The first-order chi connectivity index (χ1) is 11.9. The molecule has 2 saturated heterocycles. The number of benzene rings is 1. The van der Waals surface area contributed by atoms with Gasteiger partial charge in [0, 0.05) is 31.9 Å². The fourth-order valence-electron chi connectivity index (χ4n) is 3.66. The second kappa shape index (κ2) is 7.23. The molecule has 1 aromatic rings. The van der Waals surface area contributed by atoms with E-state index < -0.39 is 11.7 Å². The smallest absolute Gasteiger partial charge is 0.368 e. The standard InChI is InChI=1S/C18H24F3N3O/c1-22-8-3-2-7-16(22)17(25)24-11-9-23(10-12-24)15-6-4-5-14(13-15)18(19,20)21/h4-6,13,16H,2-3,7-12H2,1H3/t16-/m1/s1. The summed E-state index contributed by atoms with van der Waals surface area (Å²) in [6.45, 7) is 3.17. The molecule has 2 heterocycles. The maximum Gasteiger partial charge on any atom is 0.416 e. The zero-order valence-corrected chi connectivity index (χ0v) is 14.4. The SMILES string of the molecule is CN1CCCC[C@@H]1C(=O)N1CCN(c2cccc(C(F)(F)F)c2)CC1. The highest BCUT2D eigenvalue weighted by Crippen LogP contribution is 2.32. The summed E-state index contributed by atoms with van der Waals surface area (Å²) in [6, 6.07) is 5.36. The molecular weight excluding hydrogens is 331 g/mol. The number of hydrogen-bond donors (Lipinski definition) is 0. The third-order valence-electron chi connectivity index (χ3n) is 5.19. The number of carbonyl (C=O) groups is 1. The Morgan fingerprint density at radius 1 is 1.08 bits per heavy atom. The minimum absolute atomic E-state index is 0.0474. The Bertz CT molecular complexity index is 612. The maximum atomic E-state index is 12.9. The third kappa shape index (κ3) is 4.08. The molecule has 7 heteroatoms. The van der Waals surface area contributed by atoms with E-state index in [0.29, 0.717) is 31.9 Å². The number of likely N-dealkylation sites (N-methyl/N-ethyl adjacent to an activating group) is 1. The zero-order valence-electron chi connectivity index (χ0n) is 14.4. The predicted octanol–water partition coefficient (Wildman–Crippen LogP) is 2.84. The molecule has 138 valence electrons. The van der Waals surface area contributed by atoms with Gasteiger partial charge in [-0.15, -0.1) is 0 Å². The van der Waals surface area contributed by atoms with Crippen LogP contribution in [0.15, 0.2) is 24.3 Å². The van der Waals surface area contributed by atoms with Crippen molar-refractivity contribution >= 4 is 11.6 Å². The molecule has 1 aromatic carbocycles. The molecule has 0 unspecified atom stereocenters. The molecule has 25 heavy (non-hydrogen) atoms. The van der Waals surface area contributed by atoms with Crippen LogP contribution in [0.3, 0.4) is 0 Å². The van der Waals surface area contributed by atoms with E-state index in [-0.39, 0.29) is 11.9 Å². The molecule has 0 N–H and O–H groups in total. The number of carbonyl (C=O) groups excluding carboxylic acids is 1. The molecule has 0 radical (unpaired) electrons. The van der Waals surface area contributed by atoms with Crippen LogP contribution < -0.4 is 4.90 Å². The second-order valence-corrected chi connectivity index (χ2v) is 6.85. The summed E-state index contributed by atoms with van der Waals surface area (Å²) in [5, 5.41) is 0. The van der Waals surface area contributed by atoms with E-state index in [1.54, 1.807) is 6.07 Å². The molecule has 0 aromatic heterocycles. The van der Waals surface area contributed by atoms with Crippen LogP contribution in [-0.4, -0.2) is 61.5 Å². The van der Waals surface area contributed by atoms with Crippen molar-refractivity contribution in [1.82, 2.24) is 9.80 Å². The lowest BCUT2D eigenvalue weighted by atomic mass is 10.0. The topological polar surface area (TPSA) is 26.8 Å². The van der Waals surface area contributed by atoms with Gasteiger partial charge in [-0.05, 0) is 44.6 Å². The van der Waals surface area contributed by atoms with E-state index >= 15 is 0 Å². The van der Waals surface area contributed by atoms with E-state index in [0.717, 1.165) is 31.9 Å². The number of piperazine rings is 1. The van der Waals surface area contributed by atoms with Gasteiger partial charge >= 0.3 is 6.18 Å². The monoisotopic (exact) mass is 355 g/mol. The van der Waals surface area contributed by atoms with Crippen LogP contribution in [0.5, 0.6) is 0 Å². The first-order valence-corrected chi connectivity index (χ1v) is 8.77. The lowest BCUT2D eigenvalue weighted by molar-refractivity contribution is -0.138. The van der Waals surface area contributed by atoms with Gasteiger partial charge in [-0.1, -0.05) is 12.5 Å². The average molecular weight is 355 g/mol. The molecule has 1 atom stereocenters. The van der Waals surface area contributed by atoms with Crippen molar-refractivity contribution in [3.05, 3.63) is 29.8 Å². The summed E-state index contributed by atoms with van der Waals surface area (Å²) >= 11 is 0. The molecule has 0 aliphatic carbocycles. The van der Waals surface area contributed by atoms with Crippen LogP contribution in [0.25, 0.3) is 0 Å². The van der Waals surface area contributed by atoms with Crippen LogP contribution >= 0.6 is 0 Å². The van der Waals surface area contributed by atoms with Gasteiger partial charge in [-0.2, -0.15) is 13.2 Å². The summed E-state index contributed by atoms with van der Waals surface area (Å²) in [5.74, 6) is 0.158. The average Bonchev–Trinajstić information content (AvgIpc) is 2.61. The van der Waals surface area contributed by atoms with Gasteiger partial charge in [-0.3, -0.25) is 9.69 Å². The molecule has 3 rings (SSSR count). The van der Waals surface area contributed by atoms with Crippen molar-refractivity contribution in [2.24, 2.45) is 0 Å². The van der Waals surface area contributed by atoms with Crippen molar-refractivity contribution in [3.63, 3.8) is 0 Å². The molecule has 1 amide bonds. The highest BCUT2D eigenvalue weighted by molar-refractivity contribution is 5.82. The normalized spacial score (nSPS) is 23.0. The van der Waals surface area contributed by atoms with Crippen LogP contribution in [0, 0.1) is 0 Å². The van der Waals surface area contributed by atoms with E-state index in [1.807, 2.05) is 16.8 Å². The van der Waals surface area contributed by atoms with Gasteiger partial charge in [0.15, 0.2) is 0 Å². The van der Waals surface area contributed by atoms with Crippen molar-refractivity contribution in [2.75, 3.05) is 44.7 Å². The molecule has 2 aliphatic heterocycles. The second-order valence-electron chi connectivity index (χ2n) is 6.85. The number of amides is 1. The number of halogens is 3. The number of piperidine rings is 1. The summed E-state index contributed by atoms with van der Waals surface area (Å²) in [5.41, 5.74) is -0.0657. The summed E-state index contributed by atoms with van der Waals surface area (Å²) < 4.78 is 38.6. The predicted molar refractivity (Wildman–Crippen MR) is 90.5 cm³/mol. The Kier molecular flexibility index (Phi) is 5.22. The van der Waals surface area contributed by atoms with Crippen molar-refractivity contribution in [1.29, 1.82) is 0 Å². The Balaban J connectivity index is 1.61. The minimum atomic E-state index is -4.33. The van der Waals surface area contributed by atoms with Crippen LogP contribution in [0.2, 0.25) is 0 Å². The lowest BCUT2D eigenvalue weighted by Gasteiger charge is -2.40. The van der Waals surface area contributed by atoms with Gasteiger partial charge in [0.2, 0.25) is 5.91 Å². The van der Waals surface area contributed by atoms with Crippen molar-refractivity contribution in [3.8, 4) is 0 Å². The molecule has 2 fully saturated rings. The number of alkyl halides is 3. The first-order valence-electron chi connectivity index (χ1n) is 8.77. The molecule has 2 aliphatic rings. The number of hydrogen-bond acceptors (Lipinski definition) is 3. The number of likely N-dealkylation sites (tertiary alicyclic amines) is 1. The highest BCUT2D eigenvalue weighted by atomic mass is 19.4. The van der Waals surface area contributed by atoms with Crippen molar-refractivity contribution < 1.29 is 18.0 Å². The highest BCUT2D eigenvalue weighted by Gasteiger charge is 2.33. The van der Waals surface area contributed by atoms with E-state index in [4.69, 9.17) is 0 Å². The van der Waals surface area contributed by atoms with Gasteiger partial charge in [0.1, 0.15) is 0 Å². The summed E-state index contributed by atoms with van der Waals surface area (Å²) in [6.07, 6.45) is -1.24. The van der Waals surface area contributed by atoms with Gasteiger partial charge in [0.05, 0.1) is 11.6 Å². The first kappa shape index (κ1) is 18.0. The summed E-state index contributed by atoms with van der Waals surface area (Å²) in [7, 11) is 1.99. The minimum Gasteiger partial charge on any atom is -0.368 e. The number of anilines is 1. The molecule has 0 bridgehead atoms. The molecule has 0 spiro atoms. The van der Waals surface area contributed by atoms with Gasteiger partial charge in [-0.25, -0.2) is 0 Å². The molecule has 0 saturated carbocycles. The fraction of sp³-hybridized carbons (Fsp3) is 0.611.